The maximum atomic E-state index is 5.50. The Morgan fingerprint density at radius 3 is 1.71 bits per heavy atom. The van der Waals surface area contributed by atoms with Gasteiger partial charge in [-0.15, -0.1) is 0 Å². The van der Waals surface area contributed by atoms with Crippen LogP contribution in [-0.4, -0.2) is 21.1 Å². The predicted molar refractivity (Wildman–Crippen MR) is 298 cm³/mol. The molecule has 4 heteroatoms. The zero-order chi connectivity index (χ0) is 46.7. The average molecular weight is 893 g/mol. The number of hydrogen-bond donors (Lipinski definition) is 0. The number of rotatable bonds is 7. The molecule has 0 atom stereocenters. The van der Waals surface area contributed by atoms with Gasteiger partial charge in [0.25, 0.3) is 0 Å². The number of benzene rings is 11. The van der Waals surface area contributed by atoms with Gasteiger partial charge in [-0.1, -0.05) is 207 Å². The third-order valence-corrected chi connectivity index (χ3v) is 13.9. The van der Waals surface area contributed by atoms with Gasteiger partial charge in [0.1, 0.15) is 0 Å². The molecule has 0 saturated carbocycles. The summed E-state index contributed by atoms with van der Waals surface area (Å²) in [5, 5.41) is 13.2. The van der Waals surface area contributed by atoms with Crippen molar-refractivity contribution in [3.8, 4) is 28.1 Å². The fourth-order valence-electron chi connectivity index (χ4n) is 10.6. The van der Waals surface area contributed by atoms with Crippen molar-refractivity contribution in [1.82, 2.24) is 9.55 Å². The van der Waals surface area contributed by atoms with E-state index in [0.29, 0.717) is 11.5 Å². The summed E-state index contributed by atoms with van der Waals surface area (Å²) in [5.41, 5.74) is 12.8. The standard InChI is InChI=1S/C66H44N4/c1-42(45-22-19-23-46(40-45)47-36-37-56-53-29-11-10-27-51(53)52-28-12-14-31-55(52)60(56)41-47)67-66(44-20-5-3-6-21-44)68-43(2)49-38-39-57(54-30-13-9-26-50(49)54)64-65-63(58-32-15-17-34-61(58)69-64)59-33-16-18-35-62(59)70(65)48-24-7-4-8-25-48/h3-41H,2H2,1H3. The van der Waals surface area contributed by atoms with E-state index in [9.17, 15) is 0 Å². The number of aliphatic imine (C=N–C) groups is 2. The van der Waals surface area contributed by atoms with Crippen molar-refractivity contribution in [3.63, 3.8) is 0 Å². The van der Waals surface area contributed by atoms with E-state index >= 15 is 0 Å². The van der Waals surface area contributed by atoms with Crippen molar-refractivity contribution in [1.29, 1.82) is 0 Å². The molecule has 0 aliphatic carbocycles. The summed E-state index contributed by atoms with van der Waals surface area (Å²) in [6.07, 6.45) is 0. The highest BCUT2D eigenvalue weighted by atomic mass is 15.0. The number of aromatic nitrogens is 2. The average Bonchev–Trinajstić information content (AvgIpc) is 3.78. The van der Waals surface area contributed by atoms with E-state index in [1.807, 2.05) is 18.2 Å². The molecule has 2 heterocycles. The topological polar surface area (TPSA) is 42.5 Å². The first kappa shape index (κ1) is 41.0. The molecule has 328 valence electrons. The summed E-state index contributed by atoms with van der Waals surface area (Å²) in [6, 6.07) is 83.9. The van der Waals surface area contributed by atoms with Crippen LogP contribution in [0.3, 0.4) is 0 Å². The first-order chi connectivity index (χ1) is 34.6. The maximum absolute atomic E-state index is 5.50. The second-order valence-electron chi connectivity index (χ2n) is 18.0. The first-order valence-corrected chi connectivity index (χ1v) is 23.8. The van der Waals surface area contributed by atoms with E-state index < -0.39 is 0 Å². The molecular formula is C66H44N4. The molecule has 0 saturated heterocycles. The molecule has 4 nitrogen and oxygen atoms in total. The van der Waals surface area contributed by atoms with Crippen LogP contribution < -0.4 is 0 Å². The highest BCUT2D eigenvalue weighted by molar-refractivity contribution is 6.27. The number of fused-ring (bicyclic) bond motifs is 12. The second-order valence-corrected chi connectivity index (χ2v) is 18.0. The van der Waals surface area contributed by atoms with Crippen LogP contribution in [0.5, 0.6) is 0 Å². The summed E-state index contributed by atoms with van der Waals surface area (Å²) >= 11 is 0. The molecule has 0 amide bonds. The molecule has 0 aliphatic heterocycles. The van der Waals surface area contributed by atoms with Crippen molar-refractivity contribution < 1.29 is 0 Å². The molecular weight excluding hydrogens is 849 g/mol. The van der Waals surface area contributed by atoms with Gasteiger partial charge in [-0.2, -0.15) is 0 Å². The molecule has 0 N–H and O–H groups in total. The monoisotopic (exact) mass is 892 g/mol. The maximum Gasteiger partial charge on any atom is 0.160 e. The van der Waals surface area contributed by atoms with Crippen molar-refractivity contribution in [3.05, 3.63) is 260 Å². The van der Waals surface area contributed by atoms with Crippen LogP contribution in [0.1, 0.15) is 23.6 Å². The van der Waals surface area contributed by atoms with Gasteiger partial charge >= 0.3 is 0 Å². The van der Waals surface area contributed by atoms with Crippen LogP contribution in [-0.2, 0) is 0 Å². The Morgan fingerprint density at radius 1 is 0.429 bits per heavy atom. The minimum atomic E-state index is 0.594. The van der Waals surface area contributed by atoms with E-state index in [0.717, 1.165) is 83.2 Å². The second kappa shape index (κ2) is 16.8. The molecule has 0 unspecified atom stereocenters. The van der Waals surface area contributed by atoms with Crippen molar-refractivity contribution in [2.45, 2.75) is 6.92 Å². The predicted octanol–water partition coefficient (Wildman–Crippen LogP) is 17.2. The number of hydrogen-bond acceptors (Lipinski definition) is 2. The highest BCUT2D eigenvalue weighted by Gasteiger charge is 2.22. The van der Waals surface area contributed by atoms with Gasteiger partial charge < -0.3 is 4.57 Å². The Hall–Kier alpha value is -9.25. The van der Waals surface area contributed by atoms with Crippen molar-refractivity contribution >= 4 is 93.0 Å². The highest BCUT2D eigenvalue weighted by Crippen LogP contribution is 2.44. The molecule has 11 aromatic carbocycles. The lowest BCUT2D eigenvalue weighted by molar-refractivity contribution is 1.17. The van der Waals surface area contributed by atoms with Crippen LogP contribution in [0.2, 0.25) is 0 Å². The van der Waals surface area contributed by atoms with E-state index in [-0.39, 0.29) is 0 Å². The Labute approximate surface area is 405 Å². The zero-order valence-corrected chi connectivity index (χ0v) is 38.5. The Balaban J connectivity index is 0.924. The van der Waals surface area contributed by atoms with Crippen molar-refractivity contribution in [2.75, 3.05) is 0 Å². The molecule has 0 spiro atoms. The molecule has 13 rings (SSSR count). The summed E-state index contributed by atoms with van der Waals surface area (Å²) in [5.74, 6) is 0.594. The van der Waals surface area contributed by atoms with Gasteiger partial charge in [0.05, 0.1) is 27.9 Å². The van der Waals surface area contributed by atoms with Crippen molar-refractivity contribution in [2.24, 2.45) is 9.98 Å². The number of pyridine rings is 1. The van der Waals surface area contributed by atoms with E-state index in [1.54, 1.807) is 0 Å². The lowest BCUT2D eigenvalue weighted by Gasteiger charge is -2.16. The fourth-order valence-corrected chi connectivity index (χ4v) is 10.6. The summed E-state index contributed by atoms with van der Waals surface area (Å²) in [7, 11) is 0. The Bertz CT molecular complexity index is 4280. The van der Waals surface area contributed by atoms with Gasteiger partial charge in [-0.25, -0.2) is 15.0 Å². The minimum Gasteiger partial charge on any atom is -0.307 e. The van der Waals surface area contributed by atoms with Gasteiger partial charge in [-0.05, 0) is 103 Å². The largest absolute Gasteiger partial charge is 0.307 e. The lowest BCUT2D eigenvalue weighted by atomic mass is 9.91. The van der Waals surface area contributed by atoms with E-state index in [1.165, 1.54) is 43.1 Å². The number of para-hydroxylation sites is 3. The first-order valence-electron chi connectivity index (χ1n) is 23.8. The zero-order valence-electron chi connectivity index (χ0n) is 38.5. The smallest absolute Gasteiger partial charge is 0.160 e. The molecule has 2 aromatic heterocycles. The van der Waals surface area contributed by atoms with Gasteiger partial charge in [0.15, 0.2) is 5.84 Å². The Kier molecular flexibility index (Phi) is 9.84. The van der Waals surface area contributed by atoms with Gasteiger partial charge in [-0.3, -0.25) is 0 Å². The molecule has 13 aromatic rings. The summed E-state index contributed by atoms with van der Waals surface area (Å²) in [4.78, 5) is 16.1. The SMILES string of the molecule is C=C(N=C(N=C(C)c1cccc(-c2ccc3c4ccccc4c4ccccc4c3c2)c1)c1ccccc1)c1ccc(-c2nc3ccccc3c3c4ccccc4n(-c4ccccc4)c23)c2ccccc12. The van der Waals surface area contributed by atoms with Gasteiger partial charge in [0, 0.05) is 44.2 Å². The molecule has 0 fully saturated rings. The minimum absolute atomic E-state index is 0.594. The summed E-state index contributed by atoms with van der Waals surface area (Å²) in [6.45, 7) is 6.70. The quantitative estimate of drug-likeness (QED) is 0.0893. The van der Waals surface area contributed by atoms with Crippen LogP contribution in [0.15, 0.2) is 253 Å². The van der Waals surface area contributed by atoms with Crippen LogP contribution in [0, 0.1) is 0 Å². The normalized spacial score (nSPS) is 12.3. The van der Waals surface area contributed by atoms with Crippen LogP contribution in [0.4, 0.5) is 0 Å². The number of amidine groups is 1. The fraction of sp³-hybridized carbons (Fsp3) is 0.0152. The number of nitrogens with zero attached hydrogens (tertiary/aromatic N) is 4. The molecule has 0 bridgehead atoms. The third kappa shape index (κ3) is 6.80. The lowest BCUT2D eigenvalue weighted by Crippen LogP contribution is -2.04. The molecule has 0 radical (unpaired) electrons. The summed E-state index contributed by atoms with van der Waals surface area (Å²) < 4.78 is 2.37. The van der Waals surface area contributed by atoms with Crippen LogP contribution >= 0.6 is 0 Å². The Morgan fingerprint density at radius 2 is 0.986 bits per heavy atom. The van der Waals surface area contributed by atoms with E-state index in [2.05, 4.69) is 236 Å². The molecule has 0 aliphatic rings. The van der Waals surface area contributed by atoms with Crippen LogP contribution in [0.25, 0.3) is 110 Å². The van der Waals surface area contributed by atoms with E-state index in [4.69, 9.17) is 15.0 Å². The molecule has 70 heavy (non-hydrogen) atoms. The third-order valence-electron chi connectivity index (χ3n) is 13.9. The van der Waals surface area contributed by atoms with Gasteiger partial charge in [0.2, 0.25) is 0 Å².